The first kappa shape index (κ1) is 21.6. The SMILES string of the molecule is CN(C)c1cc([C@@H]2CCCN(C(=O)c3cccc(N4CCCCS4(=O)=O)c3)C2)ccn1. The number of nitrogens with zero attached hydrogens (tertiary/aromatic N) is 4. The van der Waals surface area contributed by atoms with Crippen LogP contribution in [0, 0.1) is 0 Å². The van der Waals surface area contributed by atoms with Gasteiger partial charge in [-0.05, 0) is 61.6 Å². The molecular weight excluding hydrogens is 412 g/mol. The van der Waals surface area contributed by atoms with Crippen LogP contribution in [-0.2, 0) is 10.0 Å². The first-order valence-corrected chi connectivity index (χ1v) is 12.5. The summed E-state index contributed by atoms with van der Waals surface area (Å²) >= 11 is 0. The van der Waals surface area contributed by atoms with Crippen LogP contribution in [0.2, 0.25) is 0 Å². The van der Waals surface area contributed by atoms with E-state index >= 15 is 0 Å². The summed E-state index contributed by atoms with van der Waals surface area (Å²) in [5, 5.41) is 0. The molecule has 31 heavy (non-hydrogen) atoms. The van der Waals surface area contributed by atoms with E-state index in [-0.39, 0.29) is 17.6 Å². The van der Waals surface area contributed by atoms with Gasteiger partial charge in [0.25, 0.3) is 5.91 Å². The van der Waals surface area contributed by atoms with Crippen LogP contribution in [0.1, 0.15) is 47.5 Å². The molecule has 0 saturated carbocycles. The van der Waals surface area contributed by atoms with Crippen molar-refractivity contribution in [3.05, 3.63) is 53.7 Å². The largest absolute Gasteiger partial charge is 0.363 e. The molecule has 1 atom stereocenters. The van der Waals surface area contributed by atoms with Crippen molar-refractivity contribution in [2.75, 3.05) is 48.7 Å². The number of piperidine rings is 1. The number of pyridine rings is 1. The van der Waals surface area contributed by atoms with E-state index in [1.54, 1.807) is 24.3 Å². The molecule has 4 rings (SSSR count). The number of rotatable bonds is 4. The van der Waals surface area contributed by atoms with Crippen LogP contribution in [0.4, 0.5) is 11.5 Å². The van der Waals surface area contributed by atoms with Crippen molar-refractivity contribution < 1.29 is 13.2 Å². The zero-order chi connectivity index (χ0) is 22.0. The molecule has 2 aliphatic rings. The molecule has 7 nitrogen and oxygen atoms in total. The average Bonchev–Trinajstić information content (AvgIpc) is 2.78. The van der Waals surface area contributed by atoms with Gasteiger partial charge in [0.1, 0.15) is 5.82 Å². The highest BCUT2D eigenvalue weighted by Gasteiger charge is 2.29. The molecule has 8 heteroatoms. The number of sulfonamides is 1. The molecule has 0 bridgehead atoms. The first-order valence-electron chi connectivity index (χ1n) is 10.9. The van der Waals surface area contributed by atoms with Crippen molar-refractivity contribution in [2.45, 2.75) is 31.6 Å². The second-order valence-corrected chi connectivity index (χ2v) is 10.6. The Kier molecular flexibility index (Phi) is 6.18. The number of amides is 1. The molecule has 1 amide bonds. The quantitative estimate of drug-likeness (QED) is 0.728. The summed E-state index contributed by atoms with van der Waals surface area (Å²) < 4.78 is 26.4. The maximum atomic E-state index is 13.3. The smallest absolute Gasteiger partial charge is 0.253 e. The van der Waals surface area contributed by atoms with Gasteiger partial charge in [0.15, 0.2) is 0 Å². The van der Waals surface area contributed by atoms with E-state index in [2.05, 4.69) is 11.1 Å². The minimum Gasteiger partial charge on any atom is -0.363 e. The fourth-order valence-corrected chi connectivity index (χ4v) is 6.05. The van der Waals surface area contributed by atoms with E-state index < -0.39 is 10.0 Å². The maximum Gasteiger partial charge on any atom is 0.253 e. The highest BCUT2D eigenvalue weighted by molar-refractivity contribution is 7.92. The fourth-order valence-electron chi connectivity index (χ4n) is 4.42. The molecular formula is C23H30N4O3S. The average molecular weight is 443 g/mol. The summed E-state index contributed by atoms with van der Waals surface area (Å²) in [7, 11) is 0.640. The van der Waals surface area contributed by atoms with Gasteiger partial charge in [0.05, 0.1) is 11.4 Å². The van der Waals surface area contributed by atoms with Gasteiger partial charge >= 0.3 is 0 Å². The molecule has 2 aromatic rings. The van der Waals surface area contributed by atoms with Crippen LogP contribution >= 0.6 is 0 Å². The Labute approximate surface area is 184 Å². The van der Waals surface area contributed by atoms with Crippen molar-refractivity contribution in [2.24, 2.45) is 0 Å². The third kappa shape index (κ3) is 4.69. The Bertz CT molecular complexity index is 1050. The van der Waals surface area contributed by atoms with Crippen LogP contribution in [0.3, 0.4) is 0 Å². The maximum absolute atomic E-state index is 13.3. The number of carbonyl (C=O) groups is 1. The van der Waals surface area contributed by atoms with Gasteiger partial charge in [-0.3, -0.25) is 9.10 Å². The summed E-state index contributed by atoms with van der Waals surface area (Å²) in [6.07, 6.45) is 5.33. The van der Waals surface area contributed by atoms with Crippen molar-refractivity contribution >= 4 is 27.4 Å². The van der Waals surface area contributed by atoms with Crippen molar-refractivity contribution in [1.82, 2.24) is 9.88 Å². The molecule has 2 aliphatic heterocycles. The topological polar surface area (TPSA) is 73.8 Å². The normalized spacial score (nSPS) is 21.0. The van der Waals surface area contributed by atoms with E-state index in [9.17, 15) is 13.2 Å². The summed E-state index contributed by atoms with van der Waals surface area (Å²) in [5.41, 5.74) is 2.33. The van der Waals surface area contributed by atoms with Gasteiger partial charge in [-0.25, -0.2) is 13.4 Å². The van der Waals surface area contributed by atoms with E-state index in [0.717, 1.165) is 25.1 Å². The molecule has 2 saturated heterocycles. The number of carbonyl (C=O) groups excluding carboxylic acids is 1. The van der Waals surface area contributed by atoms with Gasteiger partial charge in [0.2, 0.25) is 10.0 Å². The van der Waals surface area contributed by atoms with Gasteiger partial charge in [-0.1, -0.05) is 6.07 Å². The van der Waals surface area contributed by atoms with Gasteiger partial charge in [-0.2, -0.15) is 0 Å². The molecule has 0 N–H and O–H groups in total. The van der Waals surface area contributed by atoms with Crippen LogP contribution < -0.4 is 9.21 Å². The molecule has 0 spiro atoms. The van der Waals surface area contributed by atoms with Crippen LogP contribution in [-0.4, -0.2) is 63.7 Å². The lowest BCUT2D eigenvalue weighted by Gasteiger charge is -2.34. The summed E-state index contributed by atoms with van der Waals surface area (Å²) in [6, 6.07) is 11.2. The highest BCUT2D eigenvalue weighted by atomic mass is 32.2. The van der Waals surface area contributed by atoms with E-state index in [0.29, 0.717) is 37.3 Å². The summed E-state index contributed by atoms with van der Waals surface area (Å²) in [6.45, 7) is 1.84. The number of hydrogen-bond acceptors (Lipinski definition) is 5. The second kappa shape index (κ2) is 8.86. The predicted octanol–water partition coefficient (Wildman–Crippen LogP) is 3.10. The van der Waals surface area contributed by atoms with Crippen LogP contribution in [0.25, 0.3) is 0 Å². The molecule has 1 aromatic carbocycles. The summed E-state index contributed by atoms with van der Waals surface area (Å²) in [4.78, 5) is 21.6. The lowest BCUT2D eigenvalue weighted by Crippen LogP contribution is -2.40. The molecule has 0 aliphatic carbocycles. The zero-order valence-corrected chi connectivity index (χ0v) is 19.0. The van der Waals surface area contributed by atoms with Gasteiger partial charge in [0, 0.05) is 51.4 Å². The highest BCUT2D eigenvalue weighted by Crippen LogP contribution is 2.30. The molecule has 1 aromatic heterocycles. The Hall–Kier alpha value is -2.61. The van der Waals surface area contributed by atoms with Crippen LogP contribution in [0.5, 0.6) is 0 Å². The third-order valence-corrected chi connectivity index (χ3v) is 8.01. The molecule has 2 fully saturated rings. The molecule has 0 radical (unpaired) electrons. The van der Waals surface area contributed by atoms with E-state index in [4.69, 9.17) is 0 Å². The number of likely N-dealkylation sites (tertiary alicyclic amines) is 1. The molecule has 3 heterocycles. The van der Waals surface area contributed by atoms with Crippen molar-refractivity contribution in [1.29, 1.82) is 0 Å². The number of hydrogen-bond donors (Lipinski definition) is 0. The second-order valence-electron chi connectivity index (χ2n) is 8.58. The Morgan fingerprint density at radius 1 is 1.10 bits per heavy atom. The minimum atomic E-state index is -3.30. The summed E-state index contributed by atoms with van der Waals surface area (Å²) in [5.74, 6) is 1.31. The number of anilines is 2. The van der Waals surface area contributed by atoms with Crippen molar-refractivity contribution in [3.8, 4) is 0 Å². The third-order valence-electron chi connectivity index (χ3n) is 6.14. The Morgan fingerprint density at radius 3 is 2.71 bits per heavy atom. The first-order chi connectivity index (χ1) is 14.8. The van der Waals surface area contributed by atoms with Gasteiger partial charge in [-0.15, -0.1) is 0 Å². The Balaban J connectivity index is 1.52. The van der Waals surface area contributed by atoms with Crippen molar-refractivity contribution in [3.63, 3.8) is 0 Å². The van der Waals surface area contributed by atoms with Gasteiger partial charge < -0.3 is 9.80 Å². The standard InChI is InChI=1S/C23H30N4O3S/c1-25(2)22-16-18(10-11-24-22)20-8-6-12-26(17-20)23(28)19-7-5-9-21(15-19)27-13-3-4-14-31(27,29)30/h5,7,9-11,15-16,20H,3-4,6,8,12-14,17H2,1-2H3/t20-/m1/s1. The number of benzene rings is 1. The van der Waals surface area contributed by atoms with Crippen LogP contribution in [0.15, 0.2) is 42.6 Å². The fraction of sp³-hybridized carbons (Fsp3) is 0.478. The predicted molar refractivity (Wildman–Crippen MR) is 123 cm³/mol. The molecule has 0 unspecified atom stereocenters. The lowest BCUT2D eigenvalue weighted by atomic mass is 9.90. The number of aromatic nitrogens is 1. The zero-order valence-electron chi connectivity index (χ0n) is 18.2. The molecule has 166 valence electrons. The van der Waals surface area contributed by atoms with E-state index in [1.807, 2.05) is 36.2 Å². The minimum absolute atomic E-state index is 0.0390. The monoisotopic (exact) mass is 442 g/mol. The Morgan fingerprint density at radius 2 is 1.94 bits per heavy atom. The lowest BCUT2D eigenvalue weighted by molar-refractivity contribution is 0.0707. The van der Waals surface area contributed by atoms with E-state index in [1.165, 1.54) is 9.87 Å².